The fourth-order valence-electron chi connectivity index (χ4n) is 3.20. The molecule has 0 N–H and O–H groups in total. The van der Waals surface area contributed by atoms with E-state index in [1.807, 2.05) is 0 Å². The first kappa shape index (κ1) is 18.6. The van der Waals surface area contributed by atoms with Crippen molar-refractivity contribution >= 4 is 0 Å². The molecule has 5 aromatic rings. The number of aromatic nitrogens is 4. The van der Waals surface area contributed by atoms with Gasteiger partial charge in [0.05, 0.1) is 11.3 Å². The van der Waals surface area contributed by atoms with Crippen molar-refractivity contribution in [3.8, 4) is 39.9 Å². The van der Waals surface area contributed by atoms with Gasteiger partial charge in [0.15, 0.2) is 5.82 Å². The zero-order valence-corrected chi connectivity index (χ0v) is 15.7. The maximum absolute atomic E-state index is 13.7. The van der Waals surface area contributed by atoms with Gasteiger partial charge in [0.25, 0.3) is 5.89 Å². The molecule has 7 nitrogen and oxygen atoms in total. The lowest BCUT2D eigenvalue weighted by atomic mass is 10.1. The number of para-hydroxylation sites is 1. The molecule has 0 aliphatic carbocycles. The predicted octanol–water partition coefficient (Wildman–Crippen LogP) is 4.49. The zero-order chi connectivity index (χ0) is 21.4. The molecule has 2 aromatic heterocycles. The van der Waals surface area contributed by atoms with E-state index in [2.05, 4.69) is 15.3 Å². The van der Waals surface area contributed by atoms with Gasteiger partial charge >= 0.3 is 5.76 Å². The van der Waals surface area contributed by atoms with E-state index < -0.39 is 17.4 Å². The topological polar surface area (TPSA) is 87.0 Å². The molecule has 0 fully saturated rings. The van der Waals surface area contributed by atoms with Gasteiger partial charge in [-0.2, -0.15) is 4.98 Å². The standard InChI is InChI=1S/C22H12F2N4O3/c23-15-7-3-5-13(11-15)19-25-21(30-26-19)17-9-1-2-10-18(17)28-20(27-31-22(28)29)14-6-4-8-16(24)12-14/h1-12H. The maximum Gasteiger partial charge on any atom is 0.446 e. The largest absolute Gasteiger partial charge is 0.446 e. The molecule has 0 amide bonds. The lowest BCUT2D eigenvalue weighted by molar-refractivity contribution is 0.383. The van der Waals surface area contributed by atoms with E-state index >= 15 is 0 Å². The Morgan fingerprint density at radius 1 is 0.774 bits per heavy atom. The zero-order valence-electron chi connectivity index (χ0n) is 15.7. The Labute approximate surface area is 173 Å². The molecule has 0 bridgehead atoms. The normalized spacial score (nSPS) is 11.0. The van der Waals surface area contributed by atoms with Crippen LogP contribution in [-0.2, 0) is 0 Å². The average molecular weight is 418 g/mol. The van der Waals surface area contributed by atoms with Crippen LogP contribution >= 0.6 is 0 Å². The lowest BCUT2D eigenvalue weighted by Crippen LogP contribution is -2.14. The number of halogens is 2. The molecule has 31 heavy (non-hydrogen) atoms. The first-order valence-corrected chi connectivity index (χ1v) is 9.14. The second-order valence-corrected chi connectivity index (χ2v) is 6.57. The Kier molecular flexibility index (Phi) is 4.47. The Hall–Kier alpha value is -4.40. The quantitative estimate of drug-likeness (QED) is 0.428. The van der Waals surface area contributed by atoms with Crippen LogP contribution in [0.5, 0.6) is 0 Å². The van der Waals surface area contributed by atoms with E-state index in [1.165, 1.54) is 41.0 Å². The first-order chi connectivity index (χ1) is 15.1. The summed E-state index contributed by atoms with van der Waals surface area (Å²) in [6.07, 6.45) is 0. The summed E-state index contributed by atoms with van der Waals surface area (Å²) >= 11 is 0. The smallest absolute Gasteiger partial charge is 0.334 e. The van der Waals surface area contributed by atoms with Gasteiger partial charge in [-0.3, -0.25) is 4.52 Å². The predicted molar refractivity (Wildman–Crippen MR) is 106 cm³/mol. The van der Waals surface area contributed by atoms with Crippen molar-refractivity contribution in [1.82, 2.24) is 19.9 Å². The summed E-state index contributed by atoms with van der Waals surface area (Å²) in [7, 11) is 0. The number of hydrogen-bond donors (Lipinski definition) is 0. The highest BCUT2D eigenvalue weighted by atomic mass is 19.1. The summed E-state index contributed by atoms with van der Waals surface area (Å²) in [5.74, 6) is -1.27. The van der Waals surface area contributed by atoms with Crippen LogP contribution in [-0.4, -0.2) is 19.9 Å². The molecule has 0 atom stereocenters. The highest BCUT2D eigenvalue weighted by molar-refractivity contribution is 5.70. The fourth-order valence-corrected chi connectivity index (χ4v) is 3.20. The summed E-state index contributed by atoms with van der Waals surface area (Å²) in [4.78, 5) is 16.8. The second kappa shape index (κ2) is 7.45. The van der Waals surface area contributed by atoms with Crippen LogP contribution in [0.3, 0.4) is 0 Å². The van der Waals surface area contributed by atoms with Crippen LogP contribution in [0, 0.1) is 11.6 Å². The molecule has 5 rings (SSSR count). The molecule has 3 aromatic carbocycles. The Morgan fingerprint density at radius 2 is 1.48 bits per heavy atom. The van der Waals surface area contributed by atoms with Gasteiger partial charge in [-0.25, -0.2) is 18.1 Å². The second-order valence-electron chi connectivity index (χ2n) is 6.57. The fraction of sp³-hybridized carbons (Fsp3) is 0. The van der Waals surface area contributed by atoms with Crippen molar-refractivity contribution in [3.63, 3.8) is 0 Å². The van der Waals surface area contributed by atoms with Crippen molar-refractivity contribution in [2.75, 3.05) is 0 Å². The van der Waals surface area contributed by atoms with Crippen LogP contribution in [0.2, 0.25) is 0 Å². The van der Waals surface area contributed by atoms with Crippen LogP contribution in [0.1, 0.15) is 0 Å². The highest BCUT2D eigenvalue weighted by Crippen LogP contribution is 2.29. The van der Waals surface area contributed by atoms with Crippen LogP contribution in [0.15, 0.2) is 86.6 Å². The SMILES string of the molecule is O=c1onc(-c2cccc(F)c2)n1-c1ccccc1-c1nc(-c2cccc(F)c2)no1. The minimum Gasteiger partial charge on any atom is -0.334 e. The van der Waals surface area contributed by atoms with Gasteiger partial charge in [-0.1, -0.05) is 46.7 Å². The molecule has 0 spiro atoms. The molecule has 2 heterocycles. The number of nitrogens with zero attached hydrogens (tertiary/aromatic N) is 4. The minimum absolute atomic E-state index is 0.105. The van der Waals surface area contributed by atoms with E-state index in [0.717, 1.165) is 0 Å². The number of hydrogen-bond acceptors (Lipinski definition) is 6. The van der Waals surface area contributed by atoms with E-state index in [0.29, 0.717) is 22.4 Å². The molecular weight excluding hydrogens is 406 g/mol. The summed E-state index contributed by atoms with van der Waals surface area (Å²) in [6.45, 7) is 0. The minimum atomic E-state index is -0.767. The van der Waals surface area contributed by atoms with Crippen molar-refractivity contribution in [2.45, 2.75) is 0 Å². The monoisotopic (exact) mass is 418 g/mol. The van der Waals surface area contributed by atoms with Gasteiger partial charge < -0.3 is 4.52 Å². The average Bonchev–Trinajstić information content (AvgIpc) is 3.41. The van der Waals surface area contributed by atoms with E-state index in [4.69, 9.17) is 9.05 Å². The Morgan fingerprint density at radius 3 is 2.26 bits per heavy atom. The van der Waals surface area contributed by atoms with Gasteiger partial charge in [-0.15, -0.1) is 0 Å². The summed E-state index contributed by atoms with van der Waals surface area (Å²) < 4.78 is 38.7. The lowest BCUT2D eigenvalue weighted by Gasteiger charge is -2.08. The molecule has 0 radical (unpaired) electrons. The summed E-state index contributed by atoms with van der Waals surface area (Å²) in [5.41, 5.74) is 1.56. The van der Waals surface area contributed by atoms with Crippen molar-refractivity contribution in [2.24, 2.45) is 0 Å². The molecule has 0 aliphatic rings. The molecule has 0 unspecified atom stereocenters. The third kappa shape index (κ3) is 3.42. The van der Waals surface area contributed by atoms with Crippen LogP contribution in [0.4, 0.5) is 8.78 Å². The molecular formula is C22H12F2N4O3. The summed E-state index contributed by atoms with van der Waals surface area (Å²) in [6, 6.07) is 18.2. The van der Waals surface area contributed by atoms with Crippen LogP contribution in [0.25, 0.3) is 39.9 Å². The first-order valence-electron chi connectivity index (χ1n) is 9.14. The highest BCUT2D eigenvalue weighted by Gasteiger charge is 2.21. The van der Waals surface area contributed by atoms with Crippen molar-refractivity contribution in [1.29, 1.82) is 0 Å². The van der Waals surface area contributed by atoms with Gasteiger partial charge in [0.2, 0.25) is 5.82 Å². The van der Waals surface area contributed by atoms with Crippen molar-refractivity contribution in [3.05, 3.63) is 95.0 Å². The Balaban J connectivity index is 1.64. The van der Waals surface area contributed by atoms with E-state index in [-0.39, 0.29) is 17.5 Å². The Bertz CT molecular complexity index is 1450. The molecule has 0 aliphatic heterocycles. The third-order valence-electron chi connectivity index (χ3n) is 4.57. The van der Waals surface area contributed by atoms with Gasteiger partial charge in [0.1, 0.15) is 11.6 Å². The van der Waals surface area contributed by atoms with E-state index in [1.54, 1.807) is 36.4 Å². The van der Waals surface area contributed by atoms with E-state index in [9.17, 15) is 13.6 Å². The molecule has 9 heteroatoms. The molecule has 152 valence electrons. The van der Waals surface area contributed by atoms with Crippen molar-refractivity contribution < 1.29 is 17.8 Å². The number of rotatable bonds is 4. The maximum atomic E-state index is 13.7. The molecule has 0 saturated carbocycles. The number of benzene rings is 3. The molecule has 0 saturated heterocycles. The van der Waals surface area contributed by atoms with Gasteiger partial charge in [0, 0.05) is 11.1 Å². The summed E-state index contributed by atoms with van der Waals surface area (Å²) in [5, 5.41) is 7.71. The third-order valence-corrected chi connectivity index (χ3v) is 4.57. The van der Waals surface area contributed by atoms with Crippen LogP contribution < -0.4 is 5.76 Å². The van der Waals surface area contributed by atoms with Gasteiger partial charge in [-0.05, 0) is 36.4 Å².